The quantitative estimate of drug-likeness (QED) is 0.715. The molecule has 1 aliphatic carbocycles. The molecule has 0 radical (unpaired) electrons. The van der Waals surface area contributed by atoms with Crippen LogP contribution in [-0.2, 0) is 4.74 Å². The number of methoxy groups -OCH3 is 1. The smallest absolute Gasteiger partial charge is 0.0696 e. The molecular formula is C15H21ClO. The lowest BCUT2D eigenvalue weighted by Crippen LogP contribution is -2.40. The zero-order valence-corrected chi connectivity index (χ0v) is 11.7. The number of hydrogen-bond donors (Lipinski definition) is 0. The predicted molar refractivity (Wildman–Crippen MR) is 72.7 cm³/mol. The summed E-state index contributed by atoms with van der Waals surface area (Å²) in [4.78, 5) is 0. The molecule has 2 rings (SSSR count). The zero-order chi connectivity index (χ0) is 12.5. The van der Waals surface area contributed by atoms with Gasteiger partial charge in [0, 0.05) is 7.11 Å². The van der Waals surface area contributed by atoms with Gasteiger partial charge in [0.25, 0.3) is 0 Å². The van der Waals surface area contributed by atoms with Crippen LogP contribution < -0.4 is 0 Å². The molecule has 0 amide bonds. The Kier molecular flexibility index (Phi) is 3.79. The third-order valence-corrected chi connectivity index (χ3v) is 4.40. The van der Waals surface area contributed by atoms with Crippen LogP contribution in [0, 0.1) is 13.8 Å². The van der Waals surface area contributed by atoms with Crippen molar-refractivity contribution in [1.29, 1.82) is 0 Å². The fourth-order valence-electron chi connectivity index (χ4n) is 2.68. The fraction of sp³-hybridized carbons (Fsp3) is 0.600. The minimum Gasteiger partial charge on any atom is -0.378 e. The minimum absolute atomic E-state index is 0.0454. The van der Waals surface area contributed by atoms with Crippen LogP contribution in [0.15, 0.2) is 18.2 Å². The third kappa shape index (κ3) is 2.66. The van der Waals surface area contributed by atoms with Crippen molar-refractivity contribution in [3.8, 4) is 0 Å². The molecule has 0 heterocycles. The number of ether oxygens (including phenoxy) is 1. The van der Waals surface area contributed by atoms with Gasteiger partial charge in [0.05, 0.1) is 11.0 Å². The van der Waals surface area contributed by atoms with Crippen molar-refractivity contribution in [3.63, 3.8) is 0 Å². The number of hydrogen-bond acceptors (Lipinski definition) is 1. The second-order valence-corrected chi connectivity index (χ2v) is 5.80. The molecule has 1 aliphatic rings. The van der Waals surface area contributed by atoms with Crippen molar-refractivity contribution in [1.82, 2.24) is 0 Å². The molecule has 1 aromatic carbocycles. The first-order valence-corrected chi connectivity index (χ1v) is 6.76. The van der Waals surface area contributed by atoms with E-state index in [0.717, 1.165) is 19.3 Å². The lowest BCUT2D eigenvalue weighted by molar-refractivity contribution is -0.0780. The van der Waals surface area contributed by atoms with Crippen LogP contribution >= 0.6 is 11.6 Å². The molecule has 2 heteroatoms. The van der Waals surface area contributed by atoms with E-state index in [9.17, 15) is 0 Å². The molecule has 0 bridgehead atoms. The standard InChI is InChI=1S/C15H21ClO/c1-11-5-6-13(12(2)9-11)14(16)10-15(17-3)7-4-8-15/h5-6,9,14H,4,7-8,10H2,1-3H3. The lowest BCUT2D eigenvalue weighted by atomic mass is 9.75. The van der Waals surface area contributed by atoms with E-state index in [1.807, 2.05) is 7.11 Å². The molecule has 0 N–H and O–H groups in total. The summed E-state index contributed by atoms with van der Waals surface area (Å²) in [5.74, 6) is 0. The van der Waals surface area contributed by atoms with E-state index in [0.29, 0.717) is 0 Å². The molecule has 94 valence electrons. The number of alkyl halides is 1. The van der Waals surface area contributed by atoms with Gasteiger partial charge in [-0.3, -0.25) is 0 Å². The molecule has 1 saturated carbocycles. The SMILES string of the molecule is COC1(CC(Cl)c2ccc(C)cc2C)CCC1. The number of rotatable bonds is 4. The molecule has 0 saturated heterocycles. The van der Waals surface area contributed by atoms with Crippen LogP contribution in [0.2, 0.25) is 0 Å². The van der Waals surface area contributed by atoms with Crippen molar-refractivity contribution in [3.05, 3.63) is 34.9 Å². The molecule has 1 aromatic rings. The van der Waals surface area contributed by atoms with Gasteiger partial charge in [-0.15, -0.1) is 11.6 Å². The normalized spacial score (nSPS) is 19.8. The highest BCUT2D eigenvalue weighted by molar-refractivity contribution is 6.21. The van der Waals surface area contributed by atoms with Crippen LogP contribution in [0.3, 0.4) is 0 Å². The second-order valence-electron chi connectivity index (χ2n) is 5.27. The predicted octanol–water partition coefficient (Wildman–Crippen LogP) is 4.54. The van der Waals surface area contributed by atoms with Crippen molar-refractivity contribution < 1.29 is 4.74 Å². The van der Waals surface area contributed by atoms with Gasteiger partial charge in [0.15, 0.2) is 0 Å². The summed E-state index contributed by atoms with van der Waals surface area (Å²) in [7, 11) is 1.81. The summed E-state index contributed by atoms with van der Waals surface area (Å²) in [6.07, 6.45) is 4.49. The first-order chi connectivity index (χ1) is 8.06. The summed E-state index contributed by atoms with van der Waals surface area (Å²) in [6.45, 7) is 4.25. The van der Waals surface area contributed by atoms with Gasteiger partial charge in [0.2, 0.25) is 0 Å². The number of aryl methyl sites for hydroxylation is 2. The topological polar surface area (TPSA) is 9.23 Å². The van der Waals surface area contributed by atoms with E-state index in [1.54, 1.807) is 0 Å². The first kappa shape index (κ1) is 12.9. The van der Waals surface area contributed by atoms with Crippen LogP contribution in [0.4, 0.5) is 0 Å². The van der Waals surface area contributed by atoms with Gasteiger partial charge in [0.1, 0.15) is 0 Å². The Morgan fingerprint density at radius 3 is 2.53 bits per heavy atom. The first-order valence-electron chi connectivity index (χ1n) is 6.33. The largest absolute Gasteiger partial charge is 0.378 e. The molecule has 1 nitrogen and oxygen atoms in total. The third-order valence-electron chi connectivity index (χ3n) is 4.01. The van der Waals surface area contributed by atoms with Gasteiger partial charge in [-0.2, -0.15) is 0 Å². The van der Waals surface area contributed by atoms with Crippen LogP contribution in [0.5, 0.6) is 0 Å². The average molecular weight is 253 g/mol. The Balaban J connectivity index is 2.11. The highest BCUT2D eigenvalue weighted by atomic mass is 35.5. The number of benzene rings is 1. The molecule has 1 unspecified atom stereocenters. The fourth-order valence-corrected chi connectivity index (χ4v) is 3.20. The molecule has 0 spiro atoms. The monoisotopic (exact) mass is 252 g/mol. The van der Waals surface area contributed by atoms with Gasteiger partial charge < -0.3 is 4.74 Å². The van der Waals surface area contributed by atoms with Crippen LogP contribution in [-0.4, -0.2) is 12.7 Å². The highest BCUT2D eigenvalue weighted by Crippen LogP contribution is 2.44. The van der Waals surface area contributed by atoms with Crippen molar-refractivity contribution in [2.75, 3.05) is 7.11 Å². The second kappa shape index (κ2) is 4.99. The Morgan fingerprint density at radius 1 is 1.35 bits per heavy atom. The lowest BCUT2D eigenvalue weighted by Gasteiger charge is -2.42. The van der Waals surface area contributed by atoms with E-state index in [2.05, 4.69) is 32.0 Å². The number of halogens is 1. The molecule has 1 atom stereocenters. The van der Waals surface area contributed by atoms with E-state index < -0.39 is 0 Å². The van der Waals surface area contributed by atoms with E-state index in [-0.39, 0.29) is 11.0 Å². The van der Waals surface area contributed by atoms with Crippen molar-refractivity contribution in [2.45, 2.75) is 50.5 Å². The van der Waals surface area contributed by atoms with E-state index in [4.69, 9.17) is 16.3 Å². The Hall–Kier alpha value is -0.530. The molecular weight excluding hydrogens is 232 g/mol. The van der Waals surface area contributed by atoms with Crippen LogP contribution in [0.25, 0.3) is 0 Å². The van der Waals surface area contributed by atoms with Crippen LogP contribution in [0.1, 0.15) is 47.8 Å². The summed E-state index contributed by atoms with van der Waals surface area (Å²) in [6, 6.07) is 6.49. The minimum atomic E-state index is 0.0454. The Morgan fingerprint density at radius 2 is 2.06 bits per heavy atom. The maximum atomic E-state index is 6.56. The van der Waals surface area contributed by atoms with Gasteiger partial charge in [-0.1, -0.05) is 23.8 Å². The van der Waals surface area contributed by atoms with Gasteiger partial charge in [-0.05, 0) is 50.7 Å². The molecule has 17 heavy (non-hydrogen) atoms. The van der Waals surface area contributed by atoms with Gasteiger partial charge in [-0.25, -0.2) is 0 Å². The van der Waals surface area contributed by atoms with E-state index >= 15 is 0 Å². The molecule has 0 aliphatic heterocycles. The van der Waals surface area contributed by atoms with Crippen molar-refractivity contribution in [2.24, 2.45) is 0 Å². The summed E-state index contributed by atoms with van der Waals surface area (Å²) in [5, 5.41) is 0.0656. The summed E-state index contributed by atoms with van der Waals surface area (Å²) in [5.41, 5.74) is 3.88. The maximum absolute atomic E-state index is 6.56. The average Bonchev–Trinajstić information content (AvgIpc) is 2.23. The Bertz CT molecular complexity index is 390. The summed E-state index contributed by atoms with van der Waals surface area (Å²) >= 11 is 6.56. The molecule has 1 fully saturated rings. The zero-order valence-electron chi connectivity index (χ0n) is 10.9. The molecule has 0 aromatic heterocycles. The van der Waals surface area contributed by atoms with Gasteiger partial charge >= 0.3 is 0 Å². The van der Waals surface area contributed by atoms with Crippen molar-refractivity contribution >= 4 is 11.6 Å². The summed E-state index contributed by atoms with van der Waals surface area (Å²) < 4.78 is 5.65. The highest BCUT2D eigenvalue weighted by Gasteiger charge is 2.39. The maximum Gasteiger partial charge on any atom is 0.0696 e. The van der Waals surface area contributed by atoms with E-state index in [1.165, 1.54) is 23.1 Å². The Labute approximate surface area is 109 Å².